The van der Waals surface area contributed by atoms with E-state index in [0.29, 0.717) is 0 Å². The molecule has 5 nitrogen and oxygen atoms in total. The maximum Gasteiger partial charge on any atom is 0.364 e. The van der Waals surface area contributed by atoms with E-state index in [1.165, 1.54) is 0 Å². The van der Waals surface area contributed by atoms with Gasteiger partial charge in [0.2, 0.25) is 5.82 Å². The van der Waals surface area contributed by atoms with Crippen molar-refractivity contribution in [2.24, 2.45) is 0 Å². The number of aromatic nitrogens is 1. The van der Waals surface area contributed by atoms with Crippen LogP contribution in [0.3, 0.4) is 0 Å². The van der Waals surface area contributed by atoms with Gasteiger partial charge < -0.3 is 10.3 Å². The maximum atomic E-state index is 12.6. The quantitative estimate of drug-likeness (QED) is 0.584. The summed E-state index contributed by atoms with van der Waals surface area (Å²) in [7, 11) is 0. The molecule has 1 aromatic heterocycles. The lowest BCUT2D eigenvalue weighted by Gasteiger charge is -2.40. The van der Waals surface area contributed by atoms with Crippen LogP contribution in [0.5, 0.6) is 0 Å². The molecule has 0 atom stereocenters. The number of rotatable bonds is 3. The SMILES string of the molecule is CC(C)(C)N([O-])c1cc(-c2ccccc2)cc([N+](=O)C(C)(C)C)n1. The molecule has 0 aliphatic carbocycles. The van der Waals surface area contributed by atoms with Crippen molar-refractivity contribution in [3.05, 3.63) is 52.6 Å². The number of anilines is 1. The van der Waals surface area contributed by atoms with Crippen LogP contribution in [0.2, 0.25) is 0 Å². The molecular weight excluding hydrogens is 302 g/mol. The van der Waals surface area contributed by atoms with Crippen LogP contribution < -0.4 is 5.06 Å². The Labute approximate surface area is 143 Å². The number of hydrogen-bond donors (Lipinski definition) is 0. The molecule has 1 heterocycles. The highest BCUT2D eigenvalue weighted by Gasteiger charge is 2.31. The van der Waals surface area contributed by atoms with Gasteiger partial charge in [0.05, 0.1) is 0 Å². The van der Waals surface area contributed by atoms with E-state index in [1.807, 2.05) is 71.9 Å². The van der Waals surface area contributed by atoms with Crippen molar-refractivity contribution >= 4 is 11.6 Å². The first-order valence-corrected chi connectivity index (χ1v) is 8.02. The van der Waals surface area contributed by atoms with Crippen molar-refractivity contribution in [3.63, 3.8) is 0 Å². The molecule has 0 spiro atoms. The molecule has 2 rings (SSSR count). The molecule has 0 saturated heterocycles. The summed E-state index contributed by atoms with van der Waals surface area (Å²) in [5, 5.41) is 13.5. The Balaban J connectivity index is 2.62. The Kier molecular flexibility index (Phi) is 4.76. The number of pyridine rings is 1. The van der Waals surface area contributed by atoms with Gasteiger partial charge in [0, 0.05) is 17.7 Å². The monoisotopic (exact) mass is 327 g/mol. The molecule has 24 heavy (non-hydrogen) atoms. The van der Waals surface area contributed by atoms with Crippen LogP contribution >= 0.6 is 0 Å². The van der Waals surface area contributed by atoms with Gasteiger partial charge in [-0.15, -0.1) is 0 Å². The standard InChI is InChI=1S/C19H25N3O2/c1-18(2,3)21(23)16-12-15(14-10-8-7-9-11-14)13-17(20-16)22(24)19(4,5)6/h7-13H,1-6H3. The van der Waals surface area contributed by atoms with Crippen molar-refractivity contribution in [2.75, 3.05) is 5.06 Å². The van der Waals surface area contributed by atoms with Gasteiger partial charge in [-0.3, -0.25) is 0 Å². The van der Waals surface area contributed by atoms with E-state index in [4.69, 9.17) is 0 Å². The lowest BCUT2D eigenvalue weighted by molar-refractivity contribution is -0.543. The Bertz CT molecular complexity index is 729. The molecule has 0 unspecified atom stereocenters. The summed E-state index contributed by atoms with van der Waals surface area (Å²) >= 11 is 0. The topological polar surface area (TPSA) is 59.3 Å². The fraction of sp³-hybridized carbons (Fsp3) is 0.421. The van der Waals surface area contributed by atoms with E-state index in [2.05, 4.69) is 4.98 Å². The highest BCUT2D eigenvalue weighted by atomic mass is 16.5. The van der Waals surface area contributed by atoms with Gasteiger partial charge in [-0.1, -0.05) is 35.2 Å². The summed E-state index contributed by atoms with van der Waals surface area (Å²) in [5.74, 6) is 0.480. The minimum atomic E-state index is -0.644. The van der Waals surface area contributed by atoms with Crippen molar-refractivity contribution in [1.82, 2.24) is 4.98 Å². The molecule has 0 amide bonds. The Morgan fingerprint density at radius 2 is 1.54 bits per heavy atom. The highest BCUT2D eigenvalue weighted by molar-refractivity contribution is 5.69. The lowest BCUT2D eigenvalue weighted by Crippen LogP contribution is -2.37. The first kappa shape index (κ1) is 18.1. The average Bonchev–Trinajstić information content (AvgIpc) is 2.52. The van der Waals surface area contributed by atoms with E-state index in [9.17, 15) is 10.1 Å². The molecule has 0 aliphatic rings. The van der Waals surface area contributed by atoms with E-state index < -0.39 is 11.1 Å². The molecule has 0 radical (unpaired) electrons. The lowest BCUT2D eigenvalue weighted by atomic mass is 10.0. The van der Waals surface area contributed by atoms with E-state index in [0.717, 1.165) is 21.0 Å². The number of hydrogen-bond acceptors (Lipinski definition) is 4. The number of benzene rings is 1. The van der Waals surface area contributed by atoms with Crippen LogP contribution in [0.1, 0.15) is 41.5 Å². The van der Waals surface area contributed by atoms with Gasteiger partial charge in [0.1, 0.15) is 5.54 Å². The van der Waals surface area contributed by atoms with Gasteiger partial charge in [0.25, 0.3) is 0 Å². The van der Waals surface area contributed by atoms with Crippen molar-refractivity contribution < 1.29 is 4.76 Å². The summed E-state index contributed by atoms with van der Waals surface area (Å²) in [5.41, 5.74) is 0.446. The van der Waals surface area contributed by atoms with Gasteiger partial charge in [0.15, 0.2) is 0 Å². The molecule has 1 aromatic carbocycles. The van der Waals surface area contributed by atoms with E-state index >= 15 is 0 Å². The molecule has 5 heteroatoms. The zero-order valence-corrected chi connectivity index (χ0v) is 15.2. The fourth-order valence-electron chi connectivity index (χ4n) is 2.19. The second-order valence-corrected chi connectivity index (χ2v) is 7.87. The molecule has 2 aromatic rings. The van der Waals surface area contributed by atoms with Gasteiger partial charge in [-0.05, 0) is 62.4 Å². The van der Waals surface area contributed by atoms with Crippen LogP contribution in [-0.2, 0) is 0 Å². The number of hydroxylamine groups is 1. The van der Waals surface area contributed by atoms with Crippen LogP contribution in [0.25, 0.3) is 11.1 Å². The second kappa shape index (κ2) is 6.32. The average molecular weight is 327 g/mol. The Hall–Kier alpha value is -2.27. The first-order chi connectivity index (χ1) is 11.0. The third-order valence-electron chi connectivity index (χ3n) is 3.54. The van der Waals surface area contributed by atoms with Crippen molar-refractivity contribution in [3.8, 4) is 11.1 Å². The van der Waals surface area contributed by atoms with Crippen molar-refractivity contribution in [2.45, 2.75) is 52.6 Å². The molecule has 0 fully saturated rings. The number of nitrogens with zero attached hydrogens (tertiary/aromatic N) is 3. The molecule has 128 valence electrons. The molecular formula is C19H25N3O2. The van der Waals surface area contributed by atoms with E-state index in [1.54, 1.807) is 12.1 Å². The zero-order chi connectivity index (χ0) is 18.1. The minimum absolute atomic E-state index is 0.240. The third kappa shape index (κ3) is 3.97. The molecule has 0 saturated carbocycles. The zero-order valence-electron chi connectivity index (χ0n) is 15.2. The summed E-state index contributed by atoms with van der Waals surface area (Å²) in [4.78, 5) is 16.9. The van der Waals surface area contributed by atoms with E-state index in [-0.39, 0.29) is 11.6 Å². The largest absolute Gasteiger partial charge is 0.755 e. The molecule has 0 aliphatic heterocycles. The van der Waals surface area contributed by atoms with Crippen LogP contribution in [0.15, 0.2) is 42.5 Å². The summed E-state index contributed by atoms with van der Waals surface area (Å²) < 4.78 is 0.847. The van der Waals surface area contributed by atoms with Crippen LogP contribution in [0, 0.1) is 10.1 Å². The van der Waals surface area contributed by atoms with Gasteiger partial charge >= 0.3 is 5.82 Å². The molecule has 0 bridgehead atoms. The van der Waals surface area contributed by atoms with Crippen LogP contribution in [-0.4, -0.2) is 20.8 Å². The predicted octanol–water partition coefficient (Wildman–Crippen LogP) is 5.06. The first-order valence-electron chi connectivity index (χ1n) is 8.02. The summed E-state index contributed by atoms with van der Waals surface area (Å²) in [6.07, 6.45) is 0. The number of nitroso groups, excluding NO2 is 1. The van der Waals surface area contributed by atoms with Gasteiger partial charge in [-0.25, -0.2) is 0 Å². The minimum Gasteiger partial charge on any atom is -0.755 e. The Morgan fingerprint density at radius 3 is 2.04 bits per heavy atom. The fourth-order valence-corrected chi connectivity index (χ4v) is 2.19. The maximum absolute atomic E-state index is 12.6. The summed E-state index contributed by atoms with van der Waals surface area (Å²) in [6, 6.07) is 13.1. The second-order valence-electron chi connectivity index (χ2n) is 7.87. The molecule has 0 N–H and O–H groups in total. The summed E-state index contributed by atoms with van der Waals surface area (Å²) in [6.45, 7) is 10.9. The Morgan fingerprint density at radius 1 is 0.958 bits per heavy atom. The predicted molar refractivity (Wildman–Crippen MR) is 98.3 cm³/mol. The van der Waals surface area contributed by atoms with Gasteiger partial charge in [-0.2, -0.15) is 0 Å². The van der Waals surface area contributed by atoms with Crippen LogP contribution in [0.4, 0.5) is 11.6 Å². The highest BCUT2D eigenvalue weighted by Crippen LogP contribution is 2.31. The third-order valence-corrected chi connectivity index (χ3v) is 3.54. The smallest absolute Gasteiger partial charge is 0.364 e. The van der Waals surface area contributed by atoms with Crippen molar-refractivity contribution in [1.29, 1.82) is 0 Å². The normalized spacial score (nSPS) is 12.1.